The molecule has 0 N–H and O–H groups in total. The van der Waals surface area contributed by atoms with Crippen molar-refractivity contribution in [3.05, 3.63) is 33.4 Å². The number of rotatable bonds is 2. The van der Waals surface area contributed by atoms with Gasteiger partial charge in [-0.05, 0) is 25.0 Å². The number of nitro benzene ring substituents is 1. The van der Waals surface area contributed by atoms with Gasteiger partial charge in [-0.15, -0.1) is 0 Å². The summed E-state index contributed by atoms with van der Waals surface area (Å²) in [6.07, 6.45) is 0. The minimum atomic E-state index is -4.10. The lowest BCUT2D eigenvalue weighted by Gasteiger charge is -2.04. The van der Waals surface area contributed by atoms with E-state index in [1.807, 2.05) is 0 Å². The van der Waals surface area contributed by atoms with Gasteiger partial charge in [-0.1, -0.05) is 6.07 Å². The molecule has 0 aliphatic heterocycles. The summed E-state index contributed by atoms with van der Waals surface area (Å²) in [5.74, 6) is 0. The average Bonchev–Trinajstić information content (AvgIpc) is 1.99. The summed E-state index contributed by atoms with van der Waals surface area (Å²) in [6.45, 7) is 3.11. The van der Waals surface area contributed by atoms with Gasteiger partial charge >= 0.3 is 0 Å². The highest BCUT2D eigenvalue weighted by Crippen LogP contribution is 2.30. The fourth-order valence-electron chi connectivity index (χ4n) is 1.38. The third kappa shape index (κ3) is 2.45. The minimum absolute atomic E-state index is 0.275. The maximum Gasteiger partial charge on any atom is 0.289 e. The van der Waals surface area contributed by atoms with E-state index in [0.717, 1.165) is 0 Å². The molecule has 0 aromatic heterocycles. The quantitative estimate of drug-likeness (QED) is 0.457. The molecular formula is C8H8ClNO4S. The summed E-state index contributed by atoms with van der Waals surface area (Å²) < 4.78 is 22.3. The van der Waals surface area contributed by atoms with Crippen LogP contribution >= 0.6 is 10.7 Å². The molecule has 1 rings (SSSR count). The van der Waals surface area contributed by atoms with Gasteiger partial charge in [0.2, 0.25) is 0 Å². The van der Waals surface area contributed by atoms with E-state index < -0.39 is 24.6 Å². The molecule has 0 spiro atoms. The van der Waals surface area contributed by atoms with Crippen molar-refractivity contribution in [1.29, 1.82) is 0 Å². The topological polar surface area (TPSA) is 77.3 Å². The van der Waals surface area contributed by atoms with Crippen molar-refractivity contribution in [1.82, 2.24) is 0 Å². The van der Waals surface area contributed by atoms with Gasteiger partial charge in [0.05, 0.1) is 4.92 Å². The third-order valence-corrected chi connectivity index (χ3v) is 3.32. The number of halogens is 1. The lowest BCUT2D eigenvalue weighted by molar-refractivity contribution is -0.387. The number of benzene rings is 1. The SMILES string of the molecule is Cc1cc(C)c(S(=O)(=O)Cl)c([N+](=O)[O-])c1. The van der Waals surface area contributed by atoms with Gasteiger partial charge in [0.15, 0.2) is 4.90 Å². The molecule has 0 saturated heterocycles. The van der Waals surface area contributed by atoms with Crippen LogP contribution in [0.3, 0.4) is 0 Å². The second-order valence-electron chi connectivity index (χ2n) is 3.13. The predicted molar refractivity (Wildman–Crippen MR) is 55.6 cm³/mol. The normalized spacial score (nSPS) is 11.4. The first-order valence-electron chi connectivity index (χ1n) is 3.94. The average molecular weight is 250 g/mol. The molecule has 0 amide bonds. The first-order valence-corrected chi connectivity index (χ1v) is 6.24. The summed E-state index contributed by atoms with van der Waals surface area (Å²) in [6, 6.07) is 2.71. The fourth-order valence-corrected chi connectivity index (χ4v) is 2.81. The molecule has 0 heterocycles. The monoisotopic (exact) mass is 249 g/mol. The van der Waals surface area contributed by atoms with Crippen LogP contribution in [0.1, 0.15) is 11.1 Å². The molecular weight excluding hydrogens is 242 g/mol. The first-order chi connectivity index (χ1) is 6.73. The van der Waals surface area contributed by atoms with E-state index in [-0.39, 0.29) is 5.56 Å². The van der Waals surface area contributed by atoms with Crippen LogP contribution < -0.4 is 0 Å². The molecule has 0 aliphatic carbocycles. The Morgan fingerprint density at radius 2 is 1.87 bits per heavy atom. The molecule has 0 unspecified atom stereocenters. The van der Waals surface area contributed by atoms with Gasteiger partial charge in [-0.25, -0.2) is 8.42 Å². The second-order valence-corrected chi connectivity index (χ2v) is 5.63. The summed E-state index contributed by atoms with van der Waals surface area (Å²) in [7, 11) is 1.04. The van der Waals surface area contributed by atoms with E-state index in [9.17, 15) is 18.5 Å². The lowest BCUT2D eigenvalue weighted by Crippen LogP contribution is -2.02. The Morgan fingerprint density at radius 3 is 2.27 bits per heavy atom. The number of nitrogens with zero attached hydrogens (tertiary/aromatic N) is 1. The highest BCUT2D eigenvalue weighted by Gasteiger charge is 2.26. The first kappa shape index (κ1) is 11.9. The molecule has 82 valence electrons. The van der Waals surface area contributed by atoms with Crippen molar-refractivity contribution in [2.45, 2.75) is 18.7 Å². The molecule has 0 radical (unpaired) electrons. The van der Waals surface area contributed by atoms with E-state index in [2.05, 4.69) is 0 Å². The lowest BCUT2D eigenvalue weighted by atomic mass is 10.1. The van der Waals surface area contributed by atoms with Crippen molar-refractivity contribution in [2.75, 3.05) is 0 Å². The van der Waals surface area contributed by atoms with Crippen LogP contribution in [0.5, 0.6) is 0 Å². The van der Waals surface area contributed by atoms with Gasteiger partial charge in [-0.3, -0.25) is 10.1 Å². The van der Waals surface area contributed by atoms with Crippen molar-refractivity contribution in [3.63, 3.8) is 0 Å². The van der Waals surface area contributed by atoms with E-state index in [0.29, 0.717) is 5.56 Å². The molecule has 7 heteroatoms. The van der Waals surface area contributed by atoms with Crippen molar-refractivity contribution < 1.29 is 13.3 Å². The van der Waals surface area contributed by atoms with Crippen molar-refractivity contribution in [2.24, 2.45) is 0 Å². The molecule has 1 aromatic rings. The van der Waals surface area contributed by atoms with Crippen LogP contribution in [-0.4, -0.2) is 13.3 Å². The largest absolute Gasteiger partial charge is 0.289 e. The fraction of sp³-hybridized carbons (Fsp3) is 0.250. The van der Waals surface area contributed by atoms with Crippen LogP contribution in [0, 0.1) is 24.0 Å². The Hall–Kier alpha value is -1.14. The van der Waals surface area contributed by atoms with E-state index in [4.69, 9.17) is 10.7 Å². The maximum absolute atomic E-state index is 11.2. The van der Waals surface area contributed by atoms with Gasteiger partial charge in [0.25, 0.3) is 14.7 Å². The Balaban J connectivity index is 3.70. The predicted octanol–water partition coefficient (Wildman–Crippen LogP) is 2.14. The molecule has 5 nitrogen and oxygen atoms in total. The molecule has 0 saturated carbocycles. The van der Waals surface area contributed by atoms with E-state index in [1.54, 1.807) is 6.92 Å². The van der Waals surface area contributed by atoms with Crippen LogP contribution in [0.2, 0.25) is 0 Å². The molecule has 0 fully saturated rings. The molecule has 0 atom stereocenters. The summed E-state index contributed by atoms with van der Waals surface area (Å²) in [4.78, 5) is 9.47. The second kappa shape index (κ2) is 3.79. The Bertz CT molecular complexity index is 524. The number of hydrogen-bond donors (Lipinski definition) is 0. The molecule has 0 aliphatic rings. The van der Waals surface area contributed by atoms with Gasteiger partial charge in [0.1, 0.15) is 0 Å². The highest BCUT2D eigenvalue weighted by molar-refractivity contribution is 8.13. The van der Waals surface area contributed by atoms with Crippen molar-refractivity contribution >= 4 is 25.4 Å². The van der Waals surface area contributed by atoms with E-state index >= 15 is 0 Å². The van der Waals surface area contributed by atoms with Crippen LogP contribution in [0.25, 0.3) is 0 Å². The standard InChI is InChI=1S/C8H8ClNO4S/c1-5-3-6(2)8(15(9,13)14)7(4-5)10(11)12/h3-4H,1-2H3. The molecule has 1 aromatic carbocycles. The zero-order valence-corrected chi connectivity index (χ0v) is 9.59. The van der Waals surface area contributed by atoms with E-state index in [1.165, 1.54) is 19.1 Å². The Kier molecular flexibility index (Phi) is 3.01. The maximum atomic E-state index is 11.2. The zero-order valence-electron chi connectivity index (χ0n) is 8.02. The zero-order chi connectivity index (χ0) is 11.8. The van der Waals surface area contributed by atoms with Crippen LogP contribution in [0.15, 0.2) is 17.0 Å². The van der Waals surface area contributed by atoms with Crippen LogP contribution in [0.4, 0.5) is 5.69 Å². The minimum Gasteiger partial charge on any atom is -0.258 e. The smallest absolute Gasteiger partial charge is 0.258 e. The van der Waals surface area contributed by atoms with Crippen molar-refractivity contribution in [3.8, 4) is 0 Å². The third-order valence-electron chi connectivity index (χ3n) is 1.84. The number of aryl methyl sites for hydroxylation is 2. The molecule has 15 heavy (non-hydrogen) atoms. The summed E-state index contributed by atoms with van der Waals surface area (Å²) >= 11 is 0. The highest BCUT2D eigenvalue weighted by atomic mass is 35.7. The summed E-state index contributed by atoms with van der Waals surface area (Å²) in [5.41, 5.74) is 0.405. The number of nitro groups is 1. The molecule has 0 bridgehead atoms. The van der Waals surface area contributed by atoms with Gasteiger partial charge in [0, 0.05) is 16.7 Å². The Morgan fingerprint density at radius 1 is 1.33 bits per heavy atom. The van der Waals surface area contributed by atoms with Gasteiger partial charge in [-0.2, -0.15) is 0 Å². The number of hydrogen-bond acceptors (Lipinski definition) is 4. The van der Waals surface area contributed by atoms with Crippen LogP contribution in [-0.2, 0) is 9.05 Å². The summed E-state index contributed by atoms with van der Waals surface area (Å²) in [5, 5.41) is 10.7. The Labute approximate surface area is 91.2 Å². The van der Waals surface area contributed by atoms with Gasteiger partial charge < -0.3 is 0 Å².